The van der Waals surface area contributed by atoms with E-state index < -0.39 is 0 Å². The van der Waals surface area contributed by atoms with E-state index >= 15 is 0 Å². The third-order valence-corrected chi connectivity index (χ3v) is 4.16. The summed E-state index contributed by atoms with van der Waals surface area (Å²) in [4.78, 5) is 2.43. The van der Waals surface area contributed by atoms with Crippen molar-refractivity contribution in [1.82, 2.24) is 4.90 Å². The minimum absolute atomic E-state index is 0.254. The molecule has 1 fully saturated rings. The molecule has 0 amide bonds. The Labute approximate surface area is 120 Å². The minimum atomic E-state index is 0.254. The van der Waals surface area contributed by atoms with Gasteiger partial charge in [0.05, 0.1) is 11.6 Å². The van der Waals surface area contributed by atoms with E-state index in [1.54, 1.807) is 0 Å². The van der Waals surface area contributed by atoms with E-state index in [2.05, 4.69) is 17.9 Å². The number of ether oxygens (including phenoxy) is 1. The molecule has 0 radical (unpaired) electrons. The van der Waals surface area contributed by atoms with E-state index in [-0.39, 0.29) is 5.41 Å². The summed E-state index contributed by atoms with van der Waals surface area (Å²) in [5.74, 6) is 0.827. The van der Waals surface area contributed by atoms with E-state index in [0.717, 1.165) is 43.9 Å². The largest absolute Gasteiger partial charge is 0.492 e. The zero-order chi connectivity index (χ0) is 13.9. The molecule has 0 bridgehead atoms. The first-order valence-corrected chi connectivity index (χ1v) is 7.28. The quantitative estimate of drug-likeness (QED) is 0.902. The van der Waals surface area contributed by atoms with Crippen LogP contribution in [0.3, 0.4) is 0 Å². The van der Waals surface area contributed by atoms with Crippen LogP contribution in [0.5, 0.6) is 5.75 Å². The number of halogens is 1. The number of nitrogens with zero attached hydrogens (tertiary/aromatic N) is 1. The van der Waals surface area contributed by atoms with Gasteiger partial charge >= 0.3 is 0 Å². The van der Waals surface area contributed by atoms with Crippen LogP contribution in [-0.2, 0) is 6.54 Å². The molecule has 1 aliphatic rings. The van der Waals surface area contributed by atoms with Crippen molar-refractivity contribution in [2.45, 2.75) is 26.8 Å². The molecule has 106 valence electrons. The Morgan fingerprint density at radius 2 is 2.26 bits per heavy atom. The van der Waals surface area contributed by atoms with Crippen LogP contribution < -0.4 is 10.5 Å². The van der Waals surface area contributed by atoms with Gasteiger partial charge in [-0.2, -0.15) is 0 Å². The van der Waals surface area contributed by atoms with Crippen LogP contribution in [0.25, 0.3) is 0 Å². The van der Waals surface area contributed by atoms with E-state index in [4.69, 9.17) is 22.1 Å². The molecule has 19 heavy (non-hydrogen) atoms. The van der Waals surface area contributed by atoms with Gasteiger partial charge in [0, 0.05) is 18.7 Å². The fourth-order valence-corrected chi connectivity index (χ4v) is 2.90. The van der Waals surface area contributed by atoms with Gasteiger partial charge < -0.3 is 10.5 Å². The summed E-state index contributed by atoms with van der Waals surface area (Å²) >= 11 is 6.21. The van der Waals surface area contributed by atoms with Gasteiger partial charge in [0.2, 0.25) is 0 Å². The lowest BCUT2D eigenvalue weighted by molar-refractivity contribution is 0.267. The second kappa shape index (κ2) is 6.12. The van der Waals surface area contributed by atoms with Gasteiger partial charge in [-0.3, -0.25) is 4.90 Å². The van der Waals surface area contributed by atoms with Crippen LogP contribution in [0.1, 0.15) is 25.8 Å². The van der Waals surface area contributed by atoms with Crippen LogP contribution in [0.15, 0.2) is 18.2 Å². The molecule has 1 aromatic rings. The highest BCUT2D eigenvalue weighted by molar-refractivity contribution is 6.32. The summed E-state index contributed by atoms with van der Waals surface area (Å²) < 4.78 is 5.67. The SMILES string of the molecule is CCOc1c(Cl)cccc1CN1CCC(C)(CN)C1. The van der Waals surface area contributed by atoms with E-state index in [1.807, 2.05) is 19.1 Å². The second-order valence-electron chi connectivity index (χ2n) is 5.64. The second-order valence-corrected chi connectivity index (χ2v) is 6.04. The Balaban J connectivity index is 2.10. The van der Waals surface area contributed by atoms with Crippen molar-refractivity contribution in [1.29, 1.82) is 0 Å². The van der Waals surface area contributed by atoms with Gasteiger partial charge in [-0.15, -0.1) is 0 Å². The number of hydrogen-bond donors (Lipinski definition) is 1. The average Bonchev–Trinajstić information content (AvgIpc) is 2.76. The lowest BCUT2D eigenvalue weighted by atomic mass is 9.90. The fourth-order valence-electron chi connectivity index (χ4n) is 2.65. The Bertz CT molecular complexity index is 438. The molecule has 1 saturated heterocycles. The predicted molar refractivity (Wildman–Crippen MR) is 79.7 cm³/mol. The van der Waals surface area contributed by atoms with E-state index in [9.17, 15) is 0 Å². The lowest BCUT2D eigenvalue weighted by Crippen LogP contribution is -2.31. The summed E-state index contributed by atoms with van der Waals surface area (Å²) in [5, 5.41) is 0.695. The maximum atomic E-state index is 6.21. The van der Waals surface area contributed by atoms with Gasteiger partial charge in [-0.25, -0.2) is 0 Å². The van der Waals surface area contributed by atoms with Crippen LogP contribution in [-0.4, -0.2) is 31.1 Å². The van der Waals surface area contributed by atoms with Gasteiger partial charge in [0.15, 0.2) is 0 Å². The maximum Gasteiger partial charge on any atom is 0.142 e. The summed E-state index contributed by atoms with van der Waals surface area (Å²) in [6, 6.07) is 5.96. The third-order valence-electron chi connectivity index (χ3n) is 3.86. The molecular formula is C15H23ClN2O. The molecule has 4 heteroatoms. The molecule has 1 aliphatic heterocycles. The lowest BCUT2D eigenvalue weighted by Gasteiger charge is -2.23. The molecule has 0 aliphatic carbocycles. The standard InChI is InChI=1S/C15H23ClN2O/c1-3-19-14-12(5-4-6-13(14)16)9-18-8-7-15(2,10-17)11-18/h4-6H,3,7-11,17H2,1-2H3. The van der Waals surface area contributed by atoms with Crippen LogP contribution in [0, 0.1) is 5.41 Å². The third kappa shape index (κ3) is 3.41. The molecule has 3 nitrogen and oxygen atoms in total. The van der Waals surface area contributed by atoms with Crippen molar-refractivity contribution in [2.24, 2.45) is 11.1 Å². The van der Waals surface area contributed by atoms with Gasteiger partial charge in [0.25, 0.3) is 0 Å². The van der Waals surface area contributed by atoms with Crippen molar-refractivity contribution in [3.05, 3.63) is 28.8 Å². The average molecular weight is 283 g/mol. The van der Waals surface area contributed by atoms with Gasteiger partial charge in [-0.1, -0.05) is 30.7 Å². The van der Waals surface area contributed by atoms with Crippen molar-refractivity contribution >= 4 is 11.6 Å². The van der Waals surface area contributed by atoms with Crippen molar-refractivity contribution in [3.8, 4) is 5.75 Å². The topological polar surface area (TPSA) is 38.5 Å². The van der Waals surface area contributed by atoms with Crippen molar-refractivity contribution in [3.63, 3.8) is 0 Å². The fraction of sp³-hybridized carbons (Fsp3) is 0.600. The molecule has 1 atom stereocenters. The van der Waals surface area contributed by atoms with Gasteiger partial charge in [-0.05, 0) is 37.9 Å². The normalized spacial score (nSPS) is 23.8. The number of nitrogens with two attached hydrogens (primary N) is 1. The number of likely N-dealkylation sites (tertiary alicyclic amines) is 1. The Hall–Kier alpha value is -0.770. The predicted octanol–water partition coefficient (Wildman–Crippen LogP) is 2.91. The molecule has 0 spiro atoms. The summed E-state index contributed by atoms with van der Waals surface area (Å²) in [6.07, 6.45) is 1.16. The van der Waals surface area contributed by atoms with Crippen molar-refractivity contribution in [2.75, 3.05) is 26.2 Å². The van der Waals surface area contributed by atoms with E-state index in [1.165, 1.54) is 0 Å². The first-order chi connectivity index (χ1) is 9.08. The highest BCUT2D eigenvalue weighted by Crippen LogP contribution is 2.33. The molecule has 0 aromatic heterocycles. The summed E-state index contributed by atoms with van der Waals surface area (Å²) in [6.45, 7) is 8.64. The highest BCUT2D eigenvalue weighted by Gasteiger charge is 2.32. The molecule has 1 aromatic carbocycles. The van der Waals surface area contributed by atoms with Gasteiger partial charge in [0.1, 0.15) is 5.75 Å². The Morgan fingerprint density at radius 1 is 1.47 bits per heavy atom. The number of rotatable bonds is 5. The number of para-hydroxylation sites is 1. The highest BCUT2D eigenvalue weighted by atomic mass is 35.5. The Morgan fingerprint density at radius 3 is 2.89 bits per heavy atom. The first kappa shape index (κ1) is 14.6. The molecule has 2 rings (SSSR count). The summed E-state index contributed by atoms with van der Waals surface area (Å²) in [5.41, 5.74) is 7.27. The number of hydrogen-bond acceptors (Lipinski definition) is 3. The van der Waals surface area contributed by atoms with Crippen LogP contribution in [0.2, 0.25) is 5.02 Å². The molecular weight excluding hydrogens is 260 g/mol. The first-order valence-electron chi connectivity index (χ1n) is 6.90. The minimum Gasteiger partial charge on any atom is -0.492 e. The molecule has 1 heterocycles. The zero-order valence-electron chi connectivity index (χ0n) is 11.8. The van der Waals surface area contributed by atoms with Crippen LogP contribution >= 0.6 is 11.6 Å². The molecule has 0 saturated carbocycles. The number of benzene rings is 1. The molecule has 1 unspecified atom stereocenters. The van der Waals surface area contributed by atoms with Crippen LogP contribution in [0.4, 0.5) is 0 Å². The molecule has 2 N–H and O–H groups in total. The summed E-state index contributed by atoms with van der Waals surface area (Å²) in [7, 11) is 0. The smallest absolute Gasteiger partial charge is 0.142 e. The monoisotopic (exact) mass is 282 g/mol. The van der Waals surface area contributed by atoms with Crippen molar-refractivity contribution < 1.29 is 4.74 Å². The maximum absolute atomic E-state index is 6.21. The zero-order valence-corrected chi connectivity index (χ0v) is 12.5. The Kier molecular flexibility index (Phi) is 4.71. The van der Waals surface area contributed by atoms with E-state index in [0.29, 0.717) is 11.6 Å².